The highest BCUT2D eigenvalue weighted by atomic mass is 32.2. The van der Waals surface area contributed by atoms with Crippen LogP contribution in [0.25, 0.3) is 5.69 Å². The molecule has 3 aromatic rings. The first-order chi connectivity index (χ1) is 13.6. The van der Waals surface area contributed by atoms with Gasteiger partial charge in [0, 0.05) is 21.9 Å². The molecule has 2 heterocycles. The number of ether oxygens (including phenoxy) is 2. The summed E-state index contributed by atoms with van der Waals surface area (Å²) in [6, 6.07) is 14.3. The third-order valence-electron chi connectivity index (χ3n) is 4.55. The smallest absolute Gasteiger partial charge is 0.256 e. The second-order valence-electron chi connectivity index (χ2n) is 6.30. The number of hydrogen-bond donors (Lipinski definition) is 1. The summed E-state index contributed by atoms with van der Waals surface area (Å²) in [6.07, 6.45) is 0. The molecule has 0 radical (unpaired) electrons. The minimum absolute atomic E-state index is 0.283. The normalized spacial score (nSPS) is 15.1. The van der Waals surface area contributed by atoms with Gasteiger partial charge in [-0.05, 0) is 42.5 Å². The molecule has 4 rings (SSSR count). The molecule has 144 valence electrons. The molecule has 0 aliphatic carbocycles. The molecule has 1 unspecified atom stereocenters. The Balaban J connectivity index is 1.72. The van der Waals surface area contributed by atoms with E-state index < -0.39 is 10.8 Å². The Bertz CT molecular complexity index is 1060. The molecule has 0 fully saturated rings. The van der Waals surface area contributed by atoms with Crippen LogP contribution in [0.2, 0.25) is 0 Å². The Labute approximate surface area is 164 Å². The van der Waals surface area contributed by atoms with E-state index >= 15 is 0 Å². The van der Waals surface area contributed by atoms with Crippen LogP contribution in [0.4, 0.5) is 5.82 Å². The number of rotatable bonds is 5. The van der Waals surface area contributed by atoms with Gasteiger partial charge in [-0.15, -0.1) is 0 Å². The van der Waals surface area contributed by atoms with Gasteiger partial charge in [0.15, 0.2) is 0 Å². The van der Waals surface area contributed by atoms with E-state index in [4.69, 9.17) is 9.47 Å². The lowest BCUT2D eigenvalue weighted by atomic mass is 10.2. The lowest BCUT2D eigenvalue weighted by Gasteiger charge is -2.12. The largest absolute Gasteiger partial charge is 0.497 e. The van der Waals surface area contributed by atoms with Crippen LogP contribution in [0.5, 0.6) is 11.5 Å². The van der Waals surface area contributed by atoms with Gasteiger partial charge in [-0.25, -0.2) is 4.68 Å². The highest BCUT2D eigenvalue weighted by Gasteiger charge is 2.28. The Morgan fingerprint density at radius 2 is 1.82 bits per heavy atom. The lowest BCUT2D eigenvalue weighted by molar-refractivity contribution is 0.102. The van der Waals surface area contributed by atoms with Crippen molar-refractivity contribution in [2.45, 2.75) is 11.5 Å². The second-order valence-corrected chi connectivity index (χ2v) is 7.76. The fraction of sp³-hybridized carbons (Fsp3) is 0.200. The number of nitrogens with zero attached hydrogens (tertiary/aromatic N) is 2. The van der Waals surface area contributed by atoms with Crippen molar-refractivity contribution in [2.24, 2.45) is 0 Å². The van der Waals surface area contributed by atoms with Gasteiger partial charge in [0.2, 0.25) is 0 Å². The van der Waals surface area contributed by atoms with Crippen LogP contribution in [-0.4, -0.2) is 34.1 Å². The molecule has 0 saturated carbocycles. The number of carbonyl (C=O) groups excluding carboxylic acids is 1. The molecule has 1 aliphatic heterocycles. The van der Waals surface area contributed by atoms with E-state index in [0.29, 0.717) is 28.6 Å². The number of anilines is 1. The van der Waals surface area contributed by atoms with Crippen LogP contribution < -0.4 is 14.8 Å². The minimum atomic E-state index is -1.000. The topological polar surface area (TPSA) is 82.4 Å². The summed E-state index contributed by atoms with van der Waals surface area (Å²) in [5.41, 5.74) is 2.80. The van der Waals surface area contributed by atoms with Crippen molar-refractivity contribution in [3.8, 4) is 17.2 Å². The first-order valence-corrected chi connectivity index (χ1v) is 10.1. The van der Waals surface area contributed by atoms with Crippen LogP contribution in [0.1, 0.15) is 21.6 Å². The number of fused-ring (bicyclic) bond motifs is 1. The quantitative estimate of drug-likeness (QED) is 0.716. The first-order valence-electron chi connectivity index (χ1n) is 8.64. The van der Waals surface area contributed by atoms with Gasteiger partial charge >= 0.3 is 0 Å². The molecule has 28 heavy (non-hydrogen) atoms. The Kier molecular flexibility index (Phi) is 4.87. The van der Waals surface area contributed by atoms with Crippen molar-refractivity contribution in [3.63, 3.8) is 0 Å². The molecule has 1 atom stereocenters. The predicted molar refractivity (Wildman–Crippen MR) is 107 cm³/mol. The van der Waals surface area contributed by atoms with Crippen LogP contribution in [-0.2, 0) is 22.3 Å². The van der Waals surface area contributed by atoms with Crippen LogP contribution in [0.15, 0.2) is 48.5 Å². The summed E-state index contributed by atoms with van der Waals surface area (Å²) in [5, 5.41) is 7.54. The monoisotopic (exact) mass is 397 g/mol. The van der Waals surface area contributed by atoms with Crippen molar-refractivity contribution >= 4 is 22.5 Å². The van der Waals surface area contributed by atoms with Gasteiger partial charge in [0.1, 0.15) is 17.3 Å². The van der Waals surface area contributed by atoms with Gasteiger partial charge in [-0.2, -0.15) is 5.10 Å². The average molecular weight is 397 g/mol. The standard InChI is InChI=1S/C20H19N3O4S/c1-26-15-8-6-14(7-9-15)23-19(17-11-28(25)12-18(17)22-23)21-20(24)13-4-3-5-16(10-13)27-2/h3-10H,11-12H2,1-2H3,(H,21,24). The van der Waals surface area contributed by atoms with Gasteiger partial charge in [-0.3, -0.25) is 9.00 Å². The van der Waals surface area contributed by atoms with E-state index in [-0.39, 0.29) is 5.91 Å². The number of carbonyl (C=O) groups is 1. The molecule has 0 saturated heterocycles. The number of amides is 1. The minimum Gasteiger partial charge on any atom is -0.497 e. The maximum Gasteiger partial charge on any atom is 0.256 e. The zero-order valence-corrected chi connectivity index (χ0v) is 16.3. The fourth-order valence-corrected chi connectivity index (χ4v) is 4.37. The van der Waals surface area contributed by atoms with Crippen molar-refractivity contribution < 1.29 is 18.5 Å². The highest BCUT2D eigenvalue weighted by Crippen LogP contribution is 2.32. The van der Waals surface area contributed by atoms with E-state index in [1.165, 1.54) is 0 Å². The predicted octanol–water partition coefficient (Wildman–Crippen LogP) is 2.90. The molecule has 1 amide bonds. The summed E-state index contributed by atoms with van der Waals surface area (Å²) in [4.78, 5) is 12.8. The number of benzene rings is 2. The van der Waals surface area contributed by atoms with E-state index in [0.717, 1.165) is 22.7 Å². The van der Waals surface area contributed by atoms with Gasteiger partial charge in [0.05, 0.1) is 37.1 Å². The fourth-order valence-electron chi connectivity index (χ4n) is 3.11. The molecule has 1 N–H and O–H groups in total. The summed E-state index contributed by atoms with van der Waals surface area (Å²) in [5.74, 6) is 2.35. The summed E-state index contributed by atoms with van der Waals surface area (Å²) < 4.78 is 24.1. The van der Waals surface area contributed by atoms with Crippen LogP contribution >= 0.6 is 0 Å². The van der Waals surface area contributed by atoms with Gasteiger partial charge < -0.3 is 14.8 Å². The van der Waals surface area contributed by atoms with Gasteiger partial charge in [0.25, 0.3) is 5.91 Å². The number of aromatic nitrogens is 2. The summed E-state index contributed by atoms with van der Waals surface area (Å²) >= 11 is 0. The van der Waals surface area contributed by atoms with Crippen molar-refractivity contribution in [1.29, 1.82) is 0 Å². The molecule has 0 spiro atoms. The molecule has 2 aromatic carbocycles. The lowest BCUT2D eigenvalue weighted by Crippen LogP contribution is -2.16. The average Bonchev–Trinajstić information content (AvgIpc) is 3.25. The summed E-state index contributed by atoms with van der Waals surface area (Å²) in [7, 11) is 2.16. The number of hydrogen-bond acceptors (Lipinski definition) is 5. The Morgan fingerprint density at radius 1 is 1.07 bits per heavy atom. The molecule has 7 nitrogen and oxygen atoms in total. The Hall–Kier alpha value is -3.13. The summed E-state index contributed by atoms with van der Waals surface area (Å²) in [6.45, 7) is 0. The van der Waals surface area contributed by atoms with Crippen LogP contribution in [0, 0.1) is 0 Å². The zero-order valence-electron chi connectivity index (χ0n) is 15.5. The first kappa shape index (κ1) is 18.2. The maximum absolute atomic E-state index is 12.8. The second kappa shape index (κ2) is 7.47. The zero-order chi connectivity index (χ0) is 19.7. The molecular formula is C20H19N3O4S. The number of nitrogens with one attached hydrogen (secondary N) is 1. The molecule has 1 aliphatic rings. The number of methoxy groups -OCH3 is 2. The van der Waals surface area contributed by atoms with E-state index in [1.54, 1.807) is 43.2 Å². The Morgan fingerprint density at radius 3 is 2.54 bits per heavy atom. The molecule has 0 bridgehead atoms. The van der Waals surface area contributed by atoms with E-state index in [1.807, 2.05) is 24.3 Å². The highest BCUT2D eigenvalue weighted by molar-refractivity contribution is 7.83. The van der Waals surface area contributed by atoms with E-state index in [9.17, 15) is 9.00 Å². The third kappa shape index (κ3) is 3.38. The molecular weight excluding hydrogens is 378 g/mol. The van der Waals surface area contributed by atoms with Crippen molar-refractivity contribution in [3.05, 3.63) is 65.4 Å². The van der Waals surface area contributed by atoms with Crippen molar-refractivity contribution in [1.82, 2.24) is 9.78 Å². The molecule has 1 aromatic heterocycles. The van der Waals surface area contributed by atoms with Gasteiger partial charge in [-0.1, -0.05) is 6.07 Å². The van der Waals surface area contributed by atoms with Crippen LogP contribution in [0.3, 0.4) is 0 Å². The molecule has 8 heteroatoms. The maximum atomic E-state index is 12.8. The van der Waals surface area contributed by atoms with Crippen molar-refractivity contribution in [2.75, 3.05) is 19.5 Å². The third-order valence-corrected chi connectivity index (χ3v) is 5.76. The SMILES string of the molecule is COc1ccc(-n2nc3c(c2NC(=O)c2cccc(OC)c2)CS(=O)C3)cc1. The van der Waals surface area contributed by atoms with E-state index in [2.05, 4.69) is 10.4 Å².